The highest BCUT2D eigenvalue weighted by Crippen LogP contribution is 2.37. The summed E-state index contributed by atoms with van der Waals surface area (Å²) < 4.78 is 12.1. The summed E-state index contributed by atoms with van der Waals surface area (Å²) in [5, 5.41) is 57.2. The number of carbonyl (C=O) groups is 1. The maximum absolute atomic E-state index is 12.5. The maximum Gasteiger partial charge on any atom is 0.251 e. The molecule has 0 unspecified atom stereocenters. The van der Waals surface area contributed by atoms with E-state index in [1.165, 1.54) is 11.3 Å². The number of nitrogen functional groups attached to an aromatic ring is 2. The van der Waals surface area contributed by atoms with E-state index in [9.17, 15) is 25.5 Å². The first kappa shape index (κ1) is 55.0. The van der Waals surface area contributed by atoms with Crippen LogP contribution >= 0.6 is 0 Å². The smallest absolute Gasteiger partial charge is 0.251 e. The summed E-state index contributed by atoms with van der Waals surface area (Å²) in [6, 6.07) is 26.8. The molecule has 9 aromatic rings. The molecule has 416 valence electrons. The third-order valence-corrected chi connectivity index (χ3v) is 15.0. The number of piperazine rings is 2. The summed E-state index contributed by atoms with van der Waals surface area (Å²) in [5.41, 5.74) is 24.4. The second kappa shape index (κ2) is 23.5. The van der Waals surface area contributed by atoms with Crippen LogP contribution in [0.5, 0.6) is 5.88 Å². The number of carbonyl (C=O) groups excluding carboxylic acids is 1. The van der Waals surface area contributed by atoms with Crippen LogP contribution in [0, 0.1) is 41.4 Å². The topological polar surface area (TPSA) is 275 Å². The van der Waals surface area contributed by atoms with Crippen LogP contribution < -0.4 is 26.0 Å². The monoisotopic (exact) mass is 1090 g/mol. The minimum Gasteiger partial charge on any atom is -0.481 e. The fraction of sp³-hybridized carbons (Fsp3) is 0.339. The second-order valence-corrected chi connectivity index (χ2v) is 21.1. The number of benzene rings is 1. The summed E-state index contributed by atoms with van der Waals surface area (Å²) >= 11 is 0. The van der Waals surface area contributed by atoms with Crippen LogP contribution in [0.25, 0.3) is 55.7 Å². The van der Waals surface area contributed by atoms with Crippen molar-refractivity contribution in [1.29, 1.82) is 10.5 Å². The summed E-state index contributed by atoms with van der Waals surface area (Å²) in [7, 11) is 3.52. The predicted molar refractivity (Wildman–Crippen MR) is 310 cm³/mol. The summed E-state index contributed by atoms with van der Waals surface area (Å²) in [4.78, 5) is 30.3. The van der Waals surface area contributed by atoms with Gasteiger partial charge < -0.3 is 41.1 Å². The Morgan fingerprint density at radius 3 is 1.91 bits per heavy atom. The number of methoxy groups -OCH3 is 1. The first-order valence-electron chi connectivity index (χ1n) is 27.0. The predicted octanol–water partition coefficient (Wildman–Crippen LogP) is 5.90. The van der Waals surface area contributed by atoms with E-state index < -0.39 is 6.10 Å². The molecule has 2 fully saturated rings. The number of ether oxygens (including phenoxy) is 1. The zero-order chi connectivity index (χ0) is 57.1. The molecule has 1 aromatic carbocycles. The standard InChI is InChI=1S/C30H37N9O3.C29H29N9O/c1-18(2)28(41)30(42)37-9-7-36(8-10-37)26-6-5-21(14-33-26)23-12-22(16-39-27(23)24(13-31)29(32)35-39)25-11-20(4)38(34-25)15-19(3)17-40;1-35-18-23(16-33-35)22-13-25(28-26(14-30)29(31)34-38(28)19-22)21-4-6-24(7-5-21)37-11-9-36(10-12-37)17-20-3-8-27(39-2)32-15-20/h5-6,11-12,14,16,18-19,28,40-41H,7-10,15,17H2,1-4H3,(H2,32,35);3-8,13,15-16,18-19H,9-12,17H2,1-2H3,(H2,31,34)/t19-,28-;/m1./s1. The molecule has 2 aliphatic heterocycles. The molecule has 81 heavy (non-hydrogen) atoms. The third-order valence-electron chi connectivity index (χ3n) is 15.0. The second-order valence-electron chi connectivity index (χ2n) is 21.1. The lowest BCUT2D eigenvalue weighted by Crippen LogP contribution is -2.52. The summed E-state index contributed by atoms with van der Waals surface area (Å²) in [6.07, 6.45) is 10.1. The van der Waals surface area contributed by atoms with Crippen molar-refractivity contribution in [1.82, 2.24) is 58.6 Å². The summed E-state index contributed by atoms with van der Waals surface area (Å²) in [6.45, 7) is 15.2. The molecule has 10 heterocycles. The number of amides is 1. The number of nitrogens with two attached hydrogens (primary N) is 2. The highest BCUT2D eigenvalue weighted by atomic mass is 16.5. The molecule has 11 rings (SSSR count). The van der Waals surface area contributed by atoms with Gasteiger partial charge in [-0.1, -0.05) is 39.0 Å². The number of nitriles is 2. The summed E-state index contributed by atoms with van der Waals surface area (Å²) in [5.74, 6) is 1.50. The first-order valence-corrected chi connectivity index (χ1v) is 27.0. The molecule has 0 spiro atoms. The Kier molecular flexibility index (Phi) is 16.0. The van der Waals surface area contributed by atoms with Gasteiger partial charge in [-0.25, -0.2) is 19.0 Å². The number of fused-ring (bicyclic) bond motifs is 2. The molecule has 2 atom stereocenters. The van der Waals surface area contributed by atoms with Gasteiger partial charge in [-0.05, 0) is 72.4 Å². The van der Waals surface area contributed by atoms with Gasteiger partial charge in [-0.3, -0.25) is 19.1 Å². The minimum atomic E-state index is -0.987. The normalized spacial score (nSPS) is 14.7. The third kappa shape index (κ3) is 11.6. The van der Waals surface area contributed by atoms with Gasteiger partial charge in [0.25, 0.3) is 5.91 Å². The SMILES string of the molecule is COc1ccc(CN2CCN(c3ccc(-c4cc(-c5cnn(C)c5)cn5nc(N)c(C#N)c45)cc3)CC2)cn1.Cc1cc(-c2cc(-c3ccc(N4CCN(C(=O)[C@H](O)C(C)C)CC4)nc3)c3c(C#N)c(N)nn3c2)nn1C[C@@H](C)CO. The zero-order valence-corrected chi connectivity index (χ0v) is 46.3. The van der Waals surface area contributed by atoms with Gasteiger partial charge in [-0.15, -0.1) is 10.2 Å². The number of aliphatic hydroxyl groups is 2. The number of pyridine rings is 4. The van der Waals surface area contributed by atoms with Gasteiger partial charge in [0.2, 0.25) is 5.88 Å². The average Bonchev–Trinajstić information content (AvgIpc) is 4.45. The maximum atomic E-state index is 12.5. The Morgan fingerprint density at radius 2 is 1.35 bits per heavy atom. The number of aromatic nitrogens is 10. The van der Waals surface area contributed by atoms with Gasteiger partial charge in [0.15, 0.2) is 11.6 Å². The van der Waals surface area contributed by atoms with E-state index >= 15 is 0 Å². The molecule has 0 aliphatic carbocycles. The van der Waals surface area contributed by atoms with Gasteiger partial charge in [0.05, 0.1) is 30.0 Å². The molecular weight excluding hydrogens is 1020 g/mol. The van der Waals surface area contributed by atoms with Crippen LogP contribution in [0.4, 0.5) is 23.1 Å². The van der Waals surface area contributed by atoms with Gasteiger partial charge in [0, 0.05) is 161 Å². The van der Waals surface area contributed by atoms with Crippen molar-refractivity contribution in [3.8, 4) is 62.7 Å². The number of anilines is 4. The van der Waals surface area contributed by atoms with Crippen LogP contribution in [0.2, 0.25) is 0 Å². The lowest BCUT2D eigenvalue weighted by molar-refractivity contribution is -0.142. The molecule has 0 saturated carbocycles. The van der Waals surface area contributed by atoms with E-state index in [2.05, 4.69) is 83.5 Å². The van der Waals surface area contributed by atoms with Gasteiger partial charge in [0.1, 0.15) is 35.2 Å². The van der Waals surface area contributed by atoms with E-state index in [-0.39, 0.29) is 36.0 Å². The molecule has 2 aliphatic rings. The number of aliphatic hydroxyl groups excluding tert-OH is 2. The lowest BCUT2D eigenvalue weighted by atomic mass is 9.99. The van der Waals surface area contributed by atoms with Crippen molar-refractivity contribution >= 4 is 40.1 Å². The van der Waals surface area contributed by atoms with Crippen LogP contribution in [0.1, 0.15) is 43.2 Å². The molecule has 8 aromatic heterocycles. The molecule has 6 N–H and O–H groups in total. The first-order chi connectivity index (χ1) is 39.1. The highest BCUT2D eigenvalue weighted by molar-refractivity contribution is 5.91. The van der Waals surface area contributed by atoms with Gasteiger partial charge >= 0.3 is 0 Å². The Labute approximate surface area is 469 Å². The van der Waals surface area contributed by atoms with Crippen LogP contribution in [-0.4, -0.2) is 147 Å². The molecule has 22 nitrogen and oxygen atoms in total. The van der Waals surface area contributed by atoms with Crippen LogP contribution in [0.15, 0.2) is 104 Å². The van der Waals surface area contributed by atoms with Crippen molar-refractivity contribution in [2.75, 3.05) is 87.3 Å². The van der Waals surface area contributed by atoms with E-state index in [1.807, 2.05) is 101 Å². The highest BCUT2D eigenvalue weighted by Gasteiger charge is 2.29. The van der Waals surface area contributed by atoms with Crippen LogP contribution in [0.3, 0.4) is 0 Å². The fourth-order valence-electron chi connectivity index (χ4n) is 10.4. The van der Waals surface area contributed by atoms with Crippen LogP contribution in [-0.2, 0) is 24.9 Å². The number of hydrogen-bond acceptors (Lipinski definition) is 17. The Morgan fingerprint density at radius 1 is 0.716 bits per heavy atom. The fourth-order valence-corrected chi connectivity index (χ4v) is 10.4. The van der Waals surface area contributed by atoms with E-state index in [4.69, 9.17) is 26.3 Å². The van der Waals surface area contributed by atoms with Crippen molar-refractivity contribution in [2.45, 2.75) is 46.9 Å². The largest absolute Gasteiger partial charge is 0.481 e. The Hall–Kier alpha value is -9.35. The quantitative estimate of drug-likeness (QED) is 0.0987. The zero-order valence-electron chi connectivity index (χ0n) is 46.3. The van der Waals surface area contributed by atoms with Crippen molar-refractivity contribution in [3.05, 3.63) is 126 Å². The number of nitrogens with zero attached hydrogens (tertiary/aromatic N) is 16. The molecule has 2 saturated heterocycles. The molecule has 22 heteroatoms. The average molecular weight is 1090 g/mol. The van der Waals surface area contributed by atoms with E-state index in [0.29, 0.717) is 60.8 Å². The van der Waals surface area contributed by atoms with Gasteiger partial charge in [-0.2, -0.15) is 20.7 Å². The van der Waals surface area contributed by atoms with E-state index in [0.717, 1.165) is 88.9 Å². The molecular formula is C59H66N18O4. The van der Waals surface area contributed by atoms with Crippen molar-refractivity contribution < 1.29 is 19.7 Å². The number of rotatable bonds is 14. The van der Waals surface area contributed by atoms with E-state index in [1.54, 1.807) is 31.9 Å². The molecule has 0 radical (unpaired) electrons. The molecule has 1 amide bonds. The molecule has 0 bridgehead atoms. The lowest BCUT2D eigenvalue weighted by Gasteiger charge is -2.36. The van der Waals surface area contributed by atoms with Crippen molar-refractivity contribution in [3.63, 3.8) is 0 Å². The Bertz CT molecular complexity index is 3780. The Balaban J connectivity index is 0.000000182. The number of hydrogen-bond donors (Lipinski definition) is 4. The van der Waals surface area contributed by atoms with Crippen molar-refractivity contribution in [2.24, 2.45) is 18.9 Å². The minimum absolute atomic E-state index is 0.0679. The number of aryl methyl sites for hydroxylation is 2.